The Labute approximate surface area is 109 Å². The summed E-state index contributed by atoms with van der Waals surface area (Å²) in [5, 5.41) is 19.8. The summed E-state index contributed by atoms with van der Waals surface area (Å²) in [5.74, 6) is -0.726. The lowest BCUT2D eigenvalue weighted by Gasteiger charge is -2.07. The summed E-state index contributed by atoms with van der Waals surface area (Å²) in [5.41, 5.74) is -0.0326. The fourth-order valence-corrected chi connectivity index (χ4v) is 1.88. The Morgan fingerprint density at radius 3 is 2.83 bits per heavy atom. The van der Waals surface area contributed by atoms with E-state index in [2.05, 4.69) is 15.9 Å². The van der Waals surface area contributed by atoms with Crippen molar-refractivity contribution >= 4 is 21.6 Å². The molecule has 0 spiro atoms. The third kappa shape index (κ3) is 1.98. The van der Waals surface area contributed by atoms with Crippen molar-refractivity contribution in [3.05, 3.63) is 56.6 Å². The van der Waals surface area contributed by atoms with Gasteiger partial charge >= 0.3 is 0 Å². The summed E-state index contributed by atoms with van der Waals surface area (Å²) < 4.78 is 14.8. The molecular formula is C11H5BrFN3O2. The van der Waals surface area contributed by atoms with Crippen LogP contribution in [-0.4, -0.2) is 9.49 Å². The second kappa shape index (κ2) is 4.58. The zero-order valence-corrected chi connectivity index (χ0v) is 10.4. The number of nitro benzene ring substituents is 1. The van der Waals surface area contributed by atoms with Gasteiger partial charge in [-0.3, -0.25) is 10.1 Å². The second-order valence-corrected chi connectivity index (χ2v) is 4.24. The van der Waals surface area contributed by atoms with Crippen LogP contribution in [0.4, 0.5) is 10.1 Å². The molecule has 90 valence electrons. The van der Waals surface area contributed by atoms with Crippen LogP contribution in [0.1, 0.15) is 5.69 Å². The quantitative estimate of drug-likeness (QED) is 0.632. The van der Waals surface area contributed by atoms with Gasteiger partial charge in [-0.25, -0.2) is 4.39 Å². The van der Waals surface area contributed by atoms with E-state index in [1.165, 1.54) is 22.9 Å². The van der Waals surface area contributed by atoms with Crippen LogP contribution in [-0.2, 0) is 0 Å². The van der Waals surface area contributed by atoms with Gasteiger partial charge in [-0.2, -0.15) is 5.26 Å². The lowest BCUT2D eigenvalue weighted by atomic mass is 10.2. The second-order valence-electron chi connectivity index (χ2n) is 3.39. The lowest BCUT2D eigenvalue weighted by molar-refractivity contribution is -0.384. The molecule has 0 atom stereocenters. The topological polar surface area (TPSA) is 71.9 Å². The molecule has 0 bridgehead atoms. The highest BCUT2D eigenvalue weighted by Crippen LogP contribution is 2.30. The Balaban J connectivity index is 2.75. The molecule has 0 amide bonds. The van der Waals surface area contributed by atoms with Crippen LogP contribution in [0.15, 0.2) is 34.9 Å². The van der Waals surface area contributed by atoms with Gasteiger partial charge in [0.25, 0.3) is 5.69 Å². The van der Waals surface area contributed by atoms with Gasteiger partial charge in [-0.05, 0) is 34.1 Å². The number of halogens is 2. The molecular weight excluding hydrogens is 305 g/mol. The van der Waals surface area contributed by atoms with Crippen LogP contribution in [0, 0.1) is 27.3 Å². The normalized spacial score (nSPS) is 10.1. The molecule has 0 fully saturated rings. The molecule has 1 aromatic heterocycles. The standard InChI is InChI=1S/C11H5BrFN3O2/c12-8-4-10(11(16(17)18)5-9(8)13)15-3-1-2-7(15)6-14/h1-5H. The van der Waals surface area contributed by atoms with Crippen molar-refractivity contribution in [1.82, 2.24) is 4.57 Å². The van der Waals surface area contributed by atoms with Crippen molar-refractivity contribution in [3.63, 3.8) is 0 Å². The molecule has 0 aliphatic carbocycles. The third-order valence-electron chi connectivity index (χ3n) is 2.34. The molecule has 2 rings (SSSR count). The largest absolute Gasteiger partial charge is 0.302 e. The highest BCUT2D eigenvalue weighted by molar-refractivity contribution is 9.10. The minimum atomic E-state index is -0.726. The Kier molecular flexibility index (Phi) is 3.12. The van der Waals surface area contributed by atoms with E-state index in [4.69, 9.17) is 5.26 Å². The van der Waals surface area contributed by atoms with Crippen molar-refractivity contribution in [2.45, 2.75) is 0 Å². The molecule has 18 heavy (non-hydrogen) atoms. The number of nitrogens with zero attached hydrogens (tertiary/aromatic N) is 3. The maximum atomic E-state index is 13.3. The first kappa shape index (κ1) is 12.3. The smallest absolute Gasteiger partial charge is 0.296 e. The molecule has 0 aliphatic heterocycles. The predicted octanol–water partition coefficient (Wildman–Crippen LogP) is 3.16. The number of nitro groups is 1. The van der Waals surface area contributed by atoms with Crippen LogP contribution < -0.4 is 0 Å². The Morgan fingerprint density at radius 1 is 1.50 bits per heavy atom. The van der Waals surface area contributed by atoms with Gasteiger partial charge < -0.3 is 4.57 Å². The van der Waals surface area contributed by atoms with Crippen LogP contribution in [0.2, 0.25) is 0 Å². The molecule has 0 radical (unpaired) electrons. The predicted molar refractivity (Wildman–Crippen MR) is 64.8 cm³/mol. The summed E-state index contributed by atoms with van der Waals surface area (Å²) in [6, 6.07) is 7.10. The van der Waals surface area contributed by atoms with Crippen LogP contribution in [0.3, 0.4) is 0 Å². The highest BCUT2D eigenvalue weighted by atomic mass is 79.9. The minimum Gasteiger partial charge on any atom is -0.302 e. The summed E-state index contributed by atoms with van der Waals surface area (Å²) in [4.78, 5) is 10.2. The average molecular weight is 310 g/mol. The van der Waals surface area contributed by atoms with E-state index in [-0.39, 0.29) is 15.9 Å². The lowest BCUT2D eigenvalue weighted by Crippen LogP contribution is -2.02. The van der Waals surface area contributed by atoms with Crippen molar-refractivity contribution in [3.8, 4) is 11.8 Å². The fraction of sp³-hybridized carbons (Fsp3) is 0. The number of hydrogen-bond acceptors (Lipinski definition) is 3. The molecule has 2 aromatic rings. The highest BCUT2D eigenvalue weighted by Gasteiger charge is 2.20. The number of aromatic nitrogens is 1. The SMILES string of the molecule is N#Cc1cccn1-c1cc(Br)c(F)cc1[N+](=O)[O-]. The summed E-state index contributed by atoms with van der Waals surface area (Å²) in [6.45, 7) is 0. The molecule has 0 N–H and O–H groups in total. The zero-order chi connectivity index (χ0) is 13.3. The molecule has 5 nitrogen and oxygen atoms in total. The molecule has 7 heteroatoms. The van der Waals surface area contributed by atoms with Crippen molar-refractivity contribution in [2.24, 2.45) is 0 Å². The zero-order valence-electron chi connectivity index (χ0n) is 8.80. The van der Waals surface area contributed by atoms with Gasteiger partial charge in [0.05, 0.1) is 15.5 Å². The summed E-state index contributed by atoms with van der Waals surface area (Å²) in [6.07, 6.45) is 1.51. The maximum Gasteiger partial charge on any atom is 0.296 e. The Bertz CT molecular complexity index is 675. The number of hydrogen-bond donors (Lipinski definition) is 0. The van der Waals surface area contributed by atoms with E-state index in [9.17, 15) is 14.5 Å². The van der Waals surface area contributed by atoms with Crippen LogP contribution in [0.5, 0.6) is 0 Å². The van der Waals surface area contributed by atoms with E-state index < -0.39 is 16.4 Å². The van der Waals surface area contributed by atoms with Crippen LogP contribution >= 0.6 is 15.9 Å². The Hall–Kier alpha value is -2.20. The first-order chi connectivity index (χ1) is 8.54. The molecule has 0 saturated heterocycles. The Morgan fingerprint density at radius 2 is 2.22 bits per heavy atom. The first-order valence-corrected chi connectivity index (χ1v) is 5.55. The molecule has 1 aromatic carbocycles. The molecule has 0 aliphatic rings. The minimum absolute atomic E-state index is 0.0979. The van der Waals surface area contributed by atoms with Crippen LogP contribution in [0.25, 0.3) is 5.69 Å². The fourth-order valence-electron chi connectivity index (χ4n) is 1.55. The van der Waals surface area contributed by atoms with Gasteiger partial charge in [0.15, 0.2) is 0 Å². The molecule has 0 unspecified atom stereocenters. The van der Waals surface area contributed by atoms with Gasteiger partial charge in [-0.15, -0.1) is 0 Å². The number of nitriles is 1. The van der Waals surface area contributed by atoms with Gasteiger partial charge in [0, 0.05) is 6.20 Å². The summed E-state index contributed by atoms with van der Waals surface area (Å²) in [7, 11) is 0. The van der Waals surface area contributed by atoms with Gasteiger partial charge in [0.1, 0.15) is 23.3 Å². The van der Waals surface area contributed by atoms with E-state index in [0.717, 1.165) is 6.07 Å². The van der Waals surface area contributed by atoms with Crippen molar-refractivity contribution in [2.75, 3.05) is 0 Å². The van der Waals surface area contributed by atoms with E-state index in [1.54, 1.807) is 6.07 Å². The molecule has 0 saturated carbocycles. The van der Waals surface area contributed by atoms with Crippen molar-refractivity contribution in [1.29, 1.82) is 5.26 Å². The monoisotopic (exact) mass is 309 g/mol. The summed E-state index contributed by atoms with van der Waals surface area (Å²) >= 11 is 2.97. The van der Waals surface area contributed by atoms with E-state index >= 15 is 0 Å². The van der Waals surface area contributed by atoms with Crippen molar-refractivity contribution < 1.29 is 9.31 Å². The average Bonchev–Trinajstić information content (AvgIpc) is 2.79. The number of benzene rings is 1. The van der Waals surface area contributed by atoms with Gasteiger partial charge in [-0.1, -0.05) is 0 Å². The van der Waals surface area contributed by atoms with Gasteiger partial charge in [0.2, 0.25) is 0 Å². The molecule has 1 heterocycles. The maximum absolute atomic E-state index is 13.3. The third-order valence-corrected chi connectivity index (χ3v) is 2.94. The first-order valence-electron chi connectivity index (χ1n) is 4.76. The van der Waals surface area contributed by atoms with E-state index in [0.29, 0.717) is 0 Å². The number of rotatable bonds is 2. The van der Waals surface area contributed by atoms with E-state index in [1.807, 2.05) is 6.07 Å².